The first kappa shape index (κ1) is 23.9. The highest BCUT2D eigenvalue weighted by Gasteiger charge is 2.36. The number of likely N-dealkylation sites (tertiary alicyclic amines) is 1. The monoisotopic (exact) mass is 455 g/mol. The number of hydrogen-bond acceptors (Lipinski definition) is 4. The van der Waals surface area contributed by atoms with E-state index in [4.69, 9.17) is 4.74 Å². The van der Waals surface area contributed by atoms with Crippen LogP contribution in [0.4, 0.5) is 9.18 Å². The second-order valence-electron chi connectivity index (χ2n) is 8.60. The number of carbonyl (C=O) groups excluding carboxylic acids is 1. The molecule has 2 atom stereocenters. The number of nitrogens with one attached hydrogen (secondary N) is 2. The summed E-state index contributed by atoms with van der Waals surface area (Å²) in [6.07, 6.45) is 6.17. The standard InChI is InChI=1S/C22H34FN3O4S/c1-3-24-22(27)26-13-5-8-20(25-31(2,28)29)21(26)15-30-19-11-9-16(10-12-19)17-6-4-7-18(23)14-17/h4,6-7,14,16,19-21,25H,3,5,8-13,15H2,1-2H3,(H,24,27)/t16-,19+,20-,21-/m0/s1. The van der Waals surface area contributed by atoms with Gasteiger partial charge in [-0.25, -0.2) is 22.3 Å². The highest BCUT2D eigenvalue weighted by atomic mass is 32.2. The van der Waals surface area contributed by atoms with Gasteiger partial charge >= 0.3 is 6.03 Å². The molecule has 1 heterocycles. The summed E-state index contributed by atoms with van der Waals surface area (Å²) in [6.45, 7) is 3.24. The van der Waals surface area contributed by atoms with Crippen LogP contribution in [-0.2, 0) is 14.8 Å². The molecule has 2 N–H and O–H groups in total. The van der Waals surface area contributed by atoms with Crippen molar-refractivity contribution in [3.63, 3.8) is 0 Å². The second kappa shape index (κ2) is 10.7. The number of hydrogen-bond donors (Lipinski definition) is 2. The van der Waals surface area contributed by atoms with Crippen LogP contribution in [-0.4, -0.2) is 63.5 Å². The number of piperidine rings is 1. The Morgan fingerprint density at radius 3 is 2.61 bits per heavy atom. The van der Waals surface area contributed by atoms with E-state index in [-0.39, 0.29) is 30.0 Å². The summed E-state index contributed by atoms with van der Waals surface area (Å²) in [5.41, 5.74) is 1.03. The van der Waals surface area contributed by atoms with E-state index in [2.05, 4.69) is 10.0 Å². The van der Waals surface area contributed by atoms with Crippen molar-refractivity contribution in [2.75, 3.05) is 26.0 Å². The van der Waals surface area contributed by atoms with Gasteiger partial charge in [0.15, 0.2) is 0 Å². The highest BCUT2D eigenvalue weighted by molar-refractivity contribution is 7.88. The molecule has 0 bridgehead atoms. The zero-order chi connectivity index (χ0) is 22.4. The average Bonchev–Trinajstić information content (AvgIpc) is 2.72. The number of benzene rings is 1. The molecule has 0 radical (unpaired) electrons. The van der Waals surface area contributed by atoms with Gasteiger partial charge in [0.25, 0.3) is 0 Å². The summed E-state index contributed by atoms with van der Waals surface area (Å²) in [4.78, 5) is 14.3. The van der Waals surface area contributed by atoms with Gasteiger partial charge in [-0.3, -0.25) is 0 Å². The molecule has 7 nitrogen and oxygen atoms in total. The highest BCUT2D eigenvalue weighted by Crippen LogP contribution is 2.34. The smallest absolute Gasteiger partial charge is 0.317 e. The van der Waals surface area contributed by atoms with Crippen molar-refractivity contribution < 1.29 is 22.3 Å². The molecule has 174 valence electrons. The molecule has 3 rings (SSSR count). The van der Waals surface area contributed by atoms with E-state index >= 15 is 0 Å². The maximum Gasteiger partial charge on any atom is 0.317 e. The molecular formula is C22H34FN3O4S. The maximum atomic E-state index is 13.5. The Kier molecular flexibility index (Phi) is 8.30. The molecule has 0 spiro atoms. The third-order valence-corrected chi connectivity index (χ3v) is 6.96. The fourth-order valence-electron chi connectivity index (χ4n) is 4.74. The maximum absolute atomic E-state index is 13.5. The first-order chi connectivity index (χ1) is 14.8. The van der Waals surface area contributed by atoms with E-state index in [1.165, 1.54) is 6.07 Å². The normalized spacial score (nSPS) is 27.1. The molecule has 1 saturated carbocycles. The second-order valence-corrected chi connectivity index (χ2v) is 10.4. The Hall–Kier alpha value is -1.71. The van der Waals surface area contributed by atoms with Crippen LogP contribution < -0.4 is 10.0 Å². The average molecular weight is 456 g/mol. The third kappa shape index (κ3) is 6.89. The van der Waals surface area contributed by atoms with Crippen molar-refractivity contribution in [3.8, 4) is 0 Å². The van der Waals surface area contributed by atoms with Crippen LogP contribution in [0.5, 0.6) is 0 Å². The lowest BCUT2D eigenvalue weighted by atomic mass is 9.82. The van der Waals surface area contributed by atoms with Crippen molar-refractivity contribution in [2.24, 2.45) is 0 Å². The molecule has 0 unspecified atom stereocenters. The Balaban J connectivity index is 1.60. The molecule has 31 heavy (non-hydrogen) atoms. The van der Waals surface area contributed by atoms with Gasteiger partial charge in [-0.15, -0.1) is 0 Å². The Morgan fingerprint density at radius 2 is 1.97 bits per heavy atom. The first-order valence-electron chi connectivity index (χ1n) is 11.2. The summed E-state index contributed by atoms with van der Waals surface area (Å²) >= 11 is 0. The number of nitrogens with zero attached hydrogens (tertiary/aromatic N) is 1. The summed E-state index contributed by atoms with van der Waals surface area (Å²) in [7, 11) is -3.40. The van der Waals surface area contributed by atoms with Crippen LogP contribution in [0.25, 0.3) is 0 Å². The predicted molar refractivity (Wildman–Crippen MR) is 118 cm³/mol. The van der Waals surface area contributed by atoms with Crippen molar-refractivity contribution in [1.82, 2.24) is 14.9 Å². The summed E-state index contributed by atoms with van der Waals surface area (Å²) in [5.74, 6) is 0.125. The molecule has 1 aromatic rings. The predicted octanol–water partition coefficient (Wildman–Crippen LogP) is 2.98. The molecule has 1 aliphatic heterocycles. The Bertz CT molecular complexity index is 843. The van der Waals surface area contributed by atoms with Gasteiger partial charge in [-0.05, 0) is 69.1 Å². The minimum atomic E-state index is -3.40. The van der Waals surface area contributed by atoms with Crippen molar-refractivity contribution in [3.05, 3.63) is 35.6 Å². The van der Waals surface area contributed by atoms with Gasteiger partial charge in [-0.1, -0.05) is 12.1 Å². The van der Waals surface area contributed by atoms with Crippen LogP contribution >= 0.6 is 0 Å². The number of halogens is 1. The number of urea groups is 1. The summed E-state index contributed by atoms with van der Waals surface area (Å²) in [5, 5.41) is 2.82. The molecule has 1 saturated heterocycles. The van der Waals surface area contributed by atoms with Gasteiger partial charge in [-0.2, -0.15) is 0 Å². The van der Waals surface area contributed by atoms with E-state index in [1.807, 2.05) is 13.0 Å². The van der Waals surface area contributed by atoms with Crippen LogP contribution in [0, 0.1) is 5.82 Å². The molecule has 9 heteroatoms. The number of rotatable bonds is 7. The van der Waals surface area contributed by atoms with E-state index < -0.39 is 10.0 Å². The first-order valence-corrected chi connectivity index (χ1v) is 13.0. The van der Waals surface area contributed by atoms with E-state index in [0.29, 0.717) is 32.0 Å². The van der Waals surface area contributed by atoms with Crippen LogP contribution in [0.3, 0.4) is 0 Å². The van der Waals surface area contributed by atoms with Gasteiger partial charge in [0, 0.05) is 19.1 Å². The minimum Gasteiger partial charge on any atom is -0.376 e. The largest absolute Gasteiger partial charge is 0.376 e. The van der Waals surface area contributed by atoms with Crippen LogP contribution in [0.2, 0.25) is 0 Å². The molecule has 0 aromatic heterocycles. The zero-order valence-electron chi connectivity index (χ0n) is 18.3. The van der Waals surface area contributed by atoms with Gasteiger partial charge in [0.1, 0.15) is 5.82 Å². The Labute approximate surface area is 184 Å². The van der Waals surface area contributed by atoms with Gasteiger partial charge < -0.3 is 15.0 Å². The molecule has 2 amide bonds. The van der Waals surface area contributed by atoms with Crippen LogP contribution in [0.15, 0.2) is 24.3 Å². The summed E-state index contributed by atoms with van der Waals surface area (Å²) in [6, 6.07) is 5.89. The Morgan fingerprint density at radius 1 is 1.23 bits per heavy atom. The van der Waals surface area contributed by atoms with E-state index in [0.717, 1.165) is 43.9 Å². The SMILES string of the molecule is CCNC(=O)N1CCC[C@H](NS(C)(=O)=O)[C@@H]1CO[C@H]1CC[C@@H](c2cccc(F)c2)CC1. The topological polar surface area (TPSA) is 87.7 Å². The fraction of sp³-hybridized carbons (Fsp3) is 0.682. The molecule has 2 fully saturated rings. The molecule has 2 aliphatic rings. The quantitative estimate of drug-likeness (QED) is 0.662. The van der Waals surface area contributed by atoms with E-state index in [1.54, 1.807) is 17.0 Å². The third-order valence-electron chi connectivity index (χ3n) is 6.23. The van der Waals surface area contributed by atoms with Crippen LogP contribution in [0.1, 0.15) is 56.9 Å². The number of sulfonamides is 1. The van der Waals surface area contributed by atoms with Crippen molar-refractivity contribution in [1.29, 1.82) is 0 Å². The van der Waals surface area contributed by atoms with Crippen molar-refractivity contribution >= 4 is 16.1 Å². The molecule has 1 aromatic carbocycles. The van der Waals surface area contributed by atoms with E-state index in [9.17, 15) is 17.6 Å². The fourth-order valence-corrected chi connectivity index (χ4v) is 5.56. The zero-order valence-corrected chi connectivity index (χ0v) is 19.2. The minimum absolute atomic E-state index is 0.0571. The lowest BCUT2D eigenvalue weighted by Gasteiger charge is -2.42. The number of amides is 2. The molecular weight excluding hydrogens is 421 g/mol. The number of carbonyl (C=O) groups is 1. The number of ether oxygens (including phenoxy) is 1. The van der Waals surface area contributed by atoms with Gasteiger partial charge in [0.05, 0.1) is 25.0 Å². The van der Waals surface area contributed by atoms with Crippen molar-refractivity contribution in [2.45, 2.75) is 69.6 Å². The van der Waals surface area contributed by atoms with Gasteiger partial charge in [0.2, 0.25) is 10.0 Å². The lowest BCUT2D eigenvalue weighted by Crippen LogP contribution is -2.60. The lowest BCUT2D eigenvalue weighted by molar-refractivity contribution is -0.0173. The molecule has 1 aliphatic carbocycles. The summed E-state index contributed by atoms with van der Waals surface area (Å²) < 4.78 is 46.1.